The van der Waals surface area contributed by atoms with Crippen LogP contribution in [0.1, 0.15) is 50.4 Å². The van der Waals surface area contributed by atoms with E-state index >= 15 is 0 Å². The van der Waals surface area contributed by atoms with Crippen molar-refractivity contribution in [2.75, 3.05) is 0 Å². The summed E-state index contributed by atoms with van der Waals surface area (Å²) in [5.74, 6) is 1.14. The summed E-state index contributed by atoms with van der Waals surface area (Å²) in [6, 6.07) is 11.0. The van der Waals surface area contributed by atoms with Crippen LogP contribution in [0.4, 0.5) is 0 Å². The van der Waals surface area contributed by atoms with Gasteiger partial charge in [0, 0.05) is 11.6 Å². The normalized spacial score (nSPS) is 22.5. The second-order valence-corrected chi connectivity index (χ2v) is 7.50. The van der Waals surface area contributed by atoms with Crippen molar-refractivity contribution in [2.24, 2.45) is 22.9 Å². The molecular formula is C21H26N2O2. The Morgan fingerprint density at radius 2 is 1.88 bits per heavy atom. The number of nitrogens with zero attached hydrogens (tertiary/aromatic N) is 1. The van der Waals surface area contributed by atoms with Crippen LogP contribution in [0.2, 0.25) is 0 Å². The first-order chi connectivity index (χ1) is 12.0. The minimum absolute atomic E-state index is 0.0196. The molecule has 2 N–H and O–H groups in total. The minimum atomic E-state index is -0.364. The molecule has 1 aliphatic carbocycles. The van der Waals surface area contributed by atoms with Gasteiger partial charge in [-0.15, -0.1) is 0 Å². The van der Waals surface area contributed by atoms with Gasteiger partial charge in [-0.1, -0.05) is 45.0 Å². The average Bonchev–Trinajstić information content (AvgIpc) is 2.58. The molecule has 2 aromatic carbocycles. The van der Waals surface area contributed by atoms with E-state index in [1.165, 1.54) is 6.42 Å². The predicted octanol–water partition coefficient (Wildman–Crippen LogP) is 4.72. The largest absolute Gasteiger partial charge is 0.507 e. The third-order valence-corrected chi connectivity index (χ3v) is 5.17. The highest BCUT2D eigenvalue weighted by Gasteiger charge is 2.27. The Hall–Kier alpha value is -2.36. The van der Waals surface area contributed by atoms with Crippen LogP contribution in [-0.2, 0) is 0 Å². The number of nitrogens with one attached hydrogen (secondary N) is 1. The zero-order chi connectivity index (χ0) is 18.0. The number of hydrazone groups is 1. The molecule has 1 amide bonds. The fourth-order valence-corrected chi connectivity index (χ4v) is 3.68. The highest BCUT2D eigenvalue weighted by atomic mass is 16.3. The number of fused-ring (bicyclic) bond motifs is 1. The quantitative estimate of drug-likeness (QED) is 0.795. The van der Waals surface area contributed by atoms with E-state index in [0.29, 0.717) is 17.8 Å². The summed E-state index contributed by atoms with van der Waals surface area (Å²) >= 11 is 0. The molecule has 132 valence electrons. The molecule has 0 aromatic heterocycles. The maximum absolute atomic E-state index is 12.5. The molecular weight excluding hydrogens is 312 g/mol. The van der Waals surface area contributed by atoms with Crippen LogP contribution in [0, 0.1) is 17.8 Å². The van der Waals surface area contributed by atoms with Crippen molar-refractivity contribution in [2.45, 2.75) is 40.0 Å². The Kier molecular flexibility index (Phi) is 5.07. The molecule has 0 saturated heterocycles. The van der Waals surface area contributed by atoms with Crippen molar-refractivity contribution in [3.8, 4) is 5.75 Å². The van der Waals surface area contributed by atoms with Gasteiger partial charge in [0.15, 0.2) is 0 Å². The smallest absolute Gasteiger partial charge is 0.275 e. The molecule has 4 nitrogen and oxygen atoms in total. The highest BCUT2D eigenvalue weighted by Crippen LogP contribution is 2.31. The zero-order valence-electron chi connectivity index (χ0n) is 15.1. The molecule has 4 heteroatoms. The van der Waals surface area contributed by atoms with Gasteiger partial charge in [0.2, 0.25) is 0 Å². The second-order valence-electron chi connectivity index (χ2n) is 7.50. The second kappa shape index (κ2) is 7.26. The van der Waals surface area contributed by atoms with Gasteiger partial charge in [-0.05, 0) is 54.0 Å². The lowest BCUT2D eigenvalue weighted by Crippen LogP contribution is -2.31. The maximum atomic E-state index is 12.5. The summed E-state index contributed by atoms with van der Waals surface area (Å²) in [6.07, 6.45) is 3.25. The standard InChI is InChI=1S/C21H26N2O2/c1-13(2)17-9-8-14(3)10-19(17)22-23-21(25)18-11-15-6-4-5-7-16(15)12-20(18)24/h4-7,11-14,17,24H,8-10H2,1-3H3,(H,23,25)/b22-19-/t14-,17-/m0/s1. The highest BCUT2D eigenvalue weighted by molar-refractivity contribution is 6.02. The number of phenolic OH excluding ortho intramolecular Hbond substituents is 1. The Morgan fingerprint density at radius 1 is 1.20 bits per heavy atom. The number of carbonyl (C=O) groups excluding carboxylic acids is 1. The van der Waals surface area contributed by atoms with E-state index in [4.69, 9.17) is 0 Å². The Morgan fingerprint density at radius 3 is 2.56 bits per heavy atom. The maximum Gasteiger partial charge on any atom is 0.275 e. The fraction of sp³-hybridized carbons (Fsp3) is 0.429. The van der Waals surface area contributed by atoms with Crippen molar-refractivity contribution in [1.82, 2.24) is 5.43 Å². The number of hydrogen-bond donors (Lipinski definition) is 2. The van der Waals surface area contributed by atoms with Crippen LogP contribution in [0.5, 0.6) is 5.75 Å². The molecule has 0 radical (unpaired) electrons. The average molecular weight is 338 g/mol. The first-order valence-corrected chi connectivity index (χ1v) is 9.04. The third kappa shape index (κ3) is 3.84. The summed E-state index contributed by atoms with van der Waals surface area (Å²) in [5, 5.41) is 16.5. The number of aromatic hydroxyl groups is 1. The van der Waals surface area contributed by atoms with E-state index in [2.05, 4.69) is 31.3 Å². The predicted molar refractivity (Wildman–Crippen MR) is 102 cm³/mol. The van der Waals surface area contributed by atoms with E-state index in [0.717, 1.165) is 29.3 Å². The zero-order valence-corrected chi connectivity index (χ0v) is 15.1. The molecule has 1 saturated carbocycles. The van der Waals surface area contributed by atoms with Gasteiger partial charge in [0.05, 0.1) is 5.56 Å². The van der Waals surface area contributed by atoms with Gasteiger partial charge < -0.3 is 5.11 Å². The first kappa shape index (κ1) is 17.5. The van der Waals surface area contributed by atoms with E-state index in [-0.39, 0.29) is 17.2 Å². The molecule has 1 fully saturated rings. The molecule has 2 aromatic rings. The molecule has 3 rings (SSSR count). The van der Waals surface area contributed by atoms with Crippen molar-refractivity contribution in [3.05, 3.63) is 42.0 Å². The summed E-state index contributed by atoms with van der Waals surface area (Å²) < 4.78 is 0. The number of benzene rings is 2. The van der Waals surface area contributed by atoms with Crippen LogP contribution in [0.25, 0.3) is 10.8 Å². The van der Waals surface area contributed by atoms with E-state index in [9.17, 15) is 9.90 Å². The van der Waals surface area contributed by atoms with Crippen molar-refractivity contribution in [3.63, 3.8) is 0 Å². The van der Waals surface area contributed by atoms with Crippen molar-refractivity contribution in [1.29, 1.82) is 0 Å². The Balaban J connectivity index is 1.82. The molecule has 0 heterocycles. The molecule has 1 aliphatic rings. The van der Waals surface area contributed by atoms with Gasteiger partial charge in [0.25, 0.3) is 5.91 Å². The van der Waals surface area contributed by atoms with Gasteiger partial charge in [-0.2, -0.15) is 5.10 Å². The van der Waals surface area contributed by atoms with Crippen LogP contribution >= 0.6 is 0 Å². The monoisotopic (exact) mass is 338 g/mol. The summed E-state index contributed by atoms with van der Waals surface area (Å²) in [6.45, 7) is 6.63. The van der Waals surface area contributed by atoms with E-state index in [1.807, 2.05) is 24.3 Å². The van der Waals surface area contributed by atoms with Gasteiger partial charge in [-0.3, -0.25) is 4.79 Å². The van der Waals surface area contributed by atoms with Crippen molar-refractivity contribution < 1.29 is 9.90 Å². The Bertz CT molecular complexity index is 811. The van der Waals surface area contributed by atoms with E-state index in [1.54, 1.807) is 12.1 Å². The minimum Gasteiger partial charge on any atom is -0.507 e. The molecule has 0 unspecified atom stereocenters. The van der Waals surface area contributed by atoms with Gasteiger partial charge >= 0.3 is 0 Å². The van der Waals surface area contributed by atoms with Crippen LogP contribution < -0.4 is 5.43 Å². The molecule has 0 bridgehead atoms. The molecule has 25 heavy (non-hydrogen) atoms. The number of rotatable bonds is 3. The Labute approximate surface area is 148 Å². The molecule has 2 atom stereocenters. The number of phenols is 1. The summed E-state index contributed by atoms with van der Waals surface area (Å²) in [7, 11) is 0. The van der Waals surface area contributed by atoms with Gasteiger partial charge in [-0.25, -0.2) is 5.43 Å². The molecule has 0 spiro atoms. The summed E-state index contributed by atoms with van der Waals surface area (Å²) in [4.78, 5) is 12.5. The lowest BCUT2D eigenvalue weighted by molar-refractivity contribution is 0.0951. The first-order valence-electron chi connectivity index (χ1n) is 9.04. The topological polar surface area (TPSA) is 61.7 Å². The van der Waals surface area contributed by atoms with Crippen LogP contribution in [0.3, 0.4) is 0 Å². The van der Waals surface area contributed by atoms with Crippen LogP contribution in [-0.4, -0.2) is 16.7 Å². The number of hydrogen-bond acceptors (Lipinski definition) is 3. The fourth-order valence-electron chi connectivity index (χ4n) is 3.68. The van der Waals surface area contributed by atoms with Gasteiger partial charge in [0.1, 0.15) is 5.75 Å². The number of amides is 1. The summed E-state index contributed by atoms with van der Waals surface area (Å²) in [5.41, 5.74) is 4.00. The van der Waals surface area contributed by atoms with Crippen molar-refractivity contribution >= 4 is 22.4 Å². The lowest BCUT2D eigenvalue weighted by atomic mass is 9.76. The SMILES string of the molecule is CC(C)[C@@H]1CC[C@H](C)C/C1=N/NC(=O)c1cc2ccccc2cc1O. The van der Waals surface area contributed by atoms with Crippen LogP contribution in [0.15, 0.2) is 41.5 Å². The third-order valence-electron chi connectivity index (χ3n) is 5.17. The van der Waals surface area contributed by atoms with E-state index < -0.39 is 0 Å². The molecule has 0 aliphatic heterocycles. The number of carbonyl (C=O) groups is 1. The lowest BCUT2D eigenvalue weighted by Gasteiger charge is -2.30.